The highest BCUT2D eigenvalue weighted by Gasteiger charge is 2.31. The Kier molecular flexibility index (Phi) is 9.97. The smallest absolute Gasteiger partial charge is 0.408 e. The Morgan fingerprint density at radius 3 is 2.06 bits per heavy atom. The first-order chi connectivity index (χ1) is 14.3. The first-order valence-corrected chi connectivity index (χ1v) is 10.3. The summed E-state index contributed by atoms with van der Waals surface area (Å²) < 4.78 is 15.7. The molecule has 174 valence electrons. The van der Waals surface area contributed by atoms with Crippen molar-refractivity contribution in [3.05, 3.63) is 35.9 Å². The quantitative estimate of drug-likeness (QED) is 0.576. The Labute approximate surface area is 185 Å². The van der Waals surface area contributed by atoms with Crippen LogP contribution in [-0.2, 0) is 30.4 Å². The third-order valence-corrected chi connectivity index (χ3v) is 4.12. The van der Waals surface area contributed by atoms with Crippen LogP contribution < -0.4 is 10.6 Å². The molecular weight excluding hydrogens is 400 g/mol. The molecule has 8 nitrogen and oxygen atoms in total. The van der Waals surface area contributed by atoms with Crippen molar-refractivity contribution in [2.45, 2.75) is 72.3 Å². The highest BCUT2D eigenvalue weighted by molar-refractivity contribution is 5.89. The lowest BCUT2D eigenvalue weighted by molar-refractivity contribution is -0.148. The predicted molar refractivity (Wildman–Crippen MR) is 117 cm³/mol. The lowest BCUT2D eigenvalue weighted by Crippen LogP contribution is -2.54. The van der Waals surface area contributed by atoms with E-state index in [0.29, 0.717) is 6.42 Å². The van der Waals surface area contributed by atoms with Crippen molar-refractivity contribution in [2.75, 3.05) is 13.7 Å². The molecule has 1 rings (SSSR count). The van der Waals surface area contributed by atoms with E-state index in [4.69, 9.17) is 14.2 Å². The van der Waals surface area contributed by atoms with Crippen LogP contribution in [-0.4, -0.2) is 49.4 Å². The number of hydrogen-bond acceptors (Lipinski definition) is 6. The summed E-state index contributed by atoms with van der Waals surface area (Å²) >= 11 is 0. The van der Waals surface area contributed by atoms with Crippen LogP contribution in [0.4, 0.5) is 4.79 Å². The fraction of sp³-hybridized carbons (Fsp3) is 0.609. The van der Waals surface area contributed by atoms with E-state index in [1.54, 1.807) is 0 Å². The summed E-state index contributed by atoms with van der Waals surface area (Å²) in [5.74, 6) is -1.14. The molecule has 0 unspecified atom stereocenters. The van der Waals surface area contributed by atoms with Gasteiger partial charge in [0.15, 0.2) is 6.04 Å². The topological polar surface area (TPSA) is 103 Å². The average molecular weight is 437 g/mol. The number of alkyl carbamates (subject to hydrolysis) is 1. The van der Waals surface area contributed by atoms with Gasteiger partial charge in [-0.2, -0.15) is 0 Å². The Bertz CT molecular complexity index is 722. The molecule has 0 saturated heterocycles. The standard InChI is InChI=1S/C23H36N2O6/c1-22(2,3)13-17(25-21(28)30-14-16-11-9-8-10-12-16)19(26)24-18(20(27)29-7)15-31-23(4,5)6/h8-12,17-18H,13-15H2,1-7H3,(H,24,26)(H,25,28)/t17-,18+/m1/s1. The number of esters is 1. The van der Waals surface area contributed by atoms with Gasteiger partial charge in [0.2, 0.25) is 5.91 Å². The second kappa shape index (κ2) is 11.7. The third kappa shape index (κ3) is 11.4. The molecule has 2 atom stereocenters. The lowest BCUT2D eigenvalue weighted by atomic mass is 9.87. The Balaban J connectivity index is 2.82. The van der Waals surface area contributed by atoms with Crippen molar-refractivity contribution < 1.29 is 28.6 Å². The van der Waals surface area contributed by atoms with Gasteiger partial charge in [-0.3, -0.25) is 4.79 Å². The van der Waals surface area contributed by atoms with Crippen LogP contribution >= 0.6 is 0 Å². The van der Waals surface area contributed by atoms with Gasteiger partial charge in [-0.15, -0.1) is 0 Å². The van der Waals surface area contributed by atoms with Gasteiger partial charge in [0.25, 0.3) is 0 Å². The zero-order valence-corrected chi connectivity index (χ0v) is 19.6. The van der Waals surface area contributed by atoms with E-state index in [1.165, 1.54) is 7.11 Å². The summed E-state index contributed by atoms with van der Waals surface area (Å²) in [5, 5.41) is 5.25. The molecule has 0 bridgehead atoms. The number of rotatable bonds is 9. The van der Waals surface area contributed by atoms with Gasteiger partial charge in [-0.25, -0.2) is 9.59 Å². The van der Waals surface area contributed by atoms with Crippen molar-refractivity contribution in [1.82, 2.24) is 10.6 Å². The van der Waals surface area contributed by atoms with Crippen LogP contribution in [0.2, 0.25) is 0 Å². The molecule has 0 spiro atoms. The molecule has 0 fully saturated rings. The highest BCUT2D eigenvalue weighted by atomic mass is 16.5. The van der Waals surface area contributed by atoms with Crippen molar-refractivity contribution in [1.29, 1.82) is 0 Å². The normalized spacial score (nSPS) is 13.6. The molecule has 0 saturated carbocycles. The molecule has 0 aliphatic heterocycles. The molecule has 1 aromatic carbocycles. The maximum absolute atomic E-state index is 12.9. The number of amides is 2. The number of ether oxygens (including phenoxy) is 3. The van der Waals surface area contributed by atoms with E-state index in [9.17, 15) is 14.4 Å². The van der Waals surface area contributed by atoms with Crippen LogP contribution in [0, 0.1) is 5.41 Å². The third-order valence-electron chi connectivity index (χ3n) is 4.12. The molecule has 0 radical (unpaired) electrons. The van der Waals surface area contributed by atoms with Gasteiger partial charge >= 0.3 is 12.1 Å². The number of hydrogen-bond donors (Lipinski definition) is 2. The molecule has 8 heteroatoms. The number of carbonyl (C=O) groups excluding carboxylic acids is 3. The summed E-state index contributed by atoms with van der Waals surface area (Å²) in [6.45, 7) is 11.4. The van der Waals surface area contributed by atoms with Gasteiger partial charge < -0.3 is 24.8 Å². The van der Waals surface area contributed by atoms with E-state index in [0.717, 1.165) is 5.56 Å². The highest BCUT2D eigenvalue weighted by Crippen LogP contribution is 2.21. The molecule has 1 aromatic rings. The van der Waals surface area contributed by atoms with Crippen molar-refractivity contribution in [2.24, 2.45) is 5.41 Å². The monoisotopic (exact) mass is 436 g/mol. The van der Waals surface area contributed by atoms with E-state index in [2.05, 4.69) is 10.6 Å². The first-order valence-electron chi connectivity index (χ1n) is 10.3. The summed E-state index contributed by atoms with van der Waals surface area (Å²) in [4.78, 5) is 37.4. The predicted octanol–water partition coefficient (Wildman–Crippen LogP) is 3.19. The fourth-order valence-electron chi connectivity index (χ4n) is 2.65. The first kappa shape index (κ1) is 26.4. The summed E-state index contributed by atoms with van der Waals surface area (Å²) in [6, 6.07) is 7.34. The summed E-state index contributed by atoms with van der Waals surface area (Å²) in [6.07, 6.45) is -0.373. The van der Waals surface area contributed by atoms with Crippen LogP contribution in [0.15, 0.2) is 30.3 Å². The Morgan fingerprint density at radius 2 is 1.55 bits per heavy atom. The second-order valence-corrected chi connectivity index (χ2v) is 9.53. The molecule has 0 aromatic heterocycles. The van der Waals surface area contributed by atoms with Crippen molar-refractivity contribution in [3.63, 3.8) is 0 Å². The second-order valence-electron chi connectivity index (χ2n) is 9.53. The van der Waals surface area contributed by atoms with Crippen LogP contribution in [0.5, 0.6) is 0 Å². The van der Waals surface area contributed by atoms with Crippen molar-refractivity contribution >= 4 is 18.0 Å². The molecule has 0 aliphatic carbocycles. The summed E-state index contributed by atoms with van der Waals surface area (Å²) in [7, 11) is 1.24. The van der Waals surface area contributed by atoms with E-state index in [-0.39, 0.29) is 18.6 Å². The van der Waals surface area contributed by atoms with E-state index in [1.807, 2.05) is 71.9 Å². The van der Waals surface area contributed by atoms with Gasteiger partial charge in [-0.1, -0.05) is 51.1 Å². The lowest BCUT2D eigenvalue weighted by Gasteiger charge is -2.28. The van der Waals surface area contributed by atoms with Crippen molar-refractivity contribution in [3.8, 4) is 0 Å². The SMILES string of the molecule is COC(=O)[C@H](COC(C)(C)C)NC(=O)[C@@H](CC(C)(C)C)NC(=O)OCc1ccccc1. The van der Waals surface area contributed by atoms with Gasteiger partial charge in [0.05, 0.1) is 19.3 Å². The van der Waals surface area contributed by atoms with E-state index >= 15 is 0 Å². The molecule has 2 amide bonds. The number of methoxy groups -OCH3 is 1. The minimum Gasteiger partial charge on any atom is -0.467 e. The Hall–Kier alpha value is -2.61. The maximum Gasteiger partial charge on any atom is 0.408 e. The fourth-order valence-corrected chi connectivity index (χ4v) is 2.65. The molecule has 0 aliphatic rings. The average Bonchev–Trinajstić information content (AvgIpc) is 2.67. The largest absolute Gasteiger partial charge is 0.467 e. The molecular formula is C23H36N2O6. The number of nitrogens with one attached hydrogen (secondary N) is 2. The minimum absolute atomic E-state index is 0.0530. The number of carbonyl (C=O) groups is 3. The van der Waals surface area contributed by atoms with Gasteiger partial charge in [-0.05, 0) is 38.2 Å². The molecule has 2 N–H and O–H groups in total. The van der Waals surface area contributed by atoms with Crippen LogP contribution in [0.1, 0.15) is 53.5 Å². The zero-order valence-electron chi connectivity index (χ0n) is 19.6. The van der Waals surface area contributed by atoms with Crippen LogP contribution in [0.25, 0.3) is 0 Å². The minimum atomic E-state index is -0.999. The summed E-state index contributed by atoms with van der Waals surface area (Å²) in [5.41, 5.74) is 0.0677. The number of benzene rings is 1. The Morgan fingerprint density at radius 1 is 0.935 bits per heavy atom. The van der Waals surface area contributed by atoms with Gasteiger partial charge in [0, 0.05) is 0 Å². The molecule has 31 heavy (non-hydrogen) atoms. The molecule has 0 heterocycles. The van der Waals surface area contributed by atoms with E-state index < -0.39 is 35.7 Å². The zero-order chi connectivity index (χ0) is 23.7. The maximum atomic E-state index is 12.9. The van der Waals surface area contributed by atoms with Gasteiger partial charge in [0.1, 0.15) is 12.6 Å². The van der Waals surface area contributed by atoms with Crippen LogP contribution in [0.3, 0.4) is 0 Å².